The lowest BCUT2D eigenvalue weighted by atomic mass is 10.1. The smallest absolute Gasteiger partial charge is 0.267 e. The van der Waals surface area contributed by atoms with Gasteiger partial charge in [0.15, 0.2) is 6.10 Å². The first-order valence-corrected chi connectivity index (χ1v) is 10.9. The van der Waals surface area contributed by atoms with Crippen molar-refractivity contribution in [3.63, 3.8) is 0 Å². The van der Waals surface area contributed by atoms with Crippen LogP contribution in [0.15, 0.2) is 36.4 Å². The second-order valence-corrected chi connectivity index (χ2v) is 8.28. The fourth-order valence-electron chi connectivity index (χ4n) is 3.62. The lowest BCUT2D eigenvalue weighted by molar-refractivity contribution is -0.125. The maximum absolute atomic E-state index is 12.8. The van der Waals surface area contributed by atoms with Crippen molar-refractivity contribution in [2.45, 2.75) is 13.0 Å². The average molecular weight is 464 g/mol. The molecule has 0 bridgehead atoms. The summed E-state index contributed by atoms with van der Waals surface area (Å²) in [6.07, 6.45) is -0.561. The first kappa shape index (κ1) is 21.9. The minimum absolute atomic E-state index is 0.103. The molecule has 4 rings (SSSR count). The molecule has 1 saturated heterocycles. The number of hydrogen-bond acceptors (Lipinski definition) is 5. The summed E-state index contributed by atoms with van der Waals surface area (Å²) in [5.74, 6) is 0.185. The van der Waals surface area contributed by atoms with Crippen LogP contribution in [0.5, 0.6) is 5.75 Å². The van der Waals surface area contributed by atoms with Gasteiger partial charge in [-0.15, -0.1) is 0 Å². The number of benzene rings is 2. The Labute approximate surface area is 190 Å². The SMILES string of the molecule is CC1Oc2ccc(NC(=O)c3ccc(Cl)c(Cl)c3)cc2N(CCN2CCOCC2)C1=O. The third-order valence-corrected chi connectivity index (χ3v) is 6.09. The number of morpholine rings is 1. The molecule has 0 radical (unpaired) electrons. The van der Waals surface area contributed by atoms with E-state index in [2.05, 4.69) is 10.2 Å². The molecule has 1 atom stereocenters. The van der Waals surface area contributed by atoms with E-state index in [4.69, 9.17) is 32.7 Å². The van der Waals surface area contributed by atoms with Crippen LogP contribution in [0, 0.1) is 0 Å². The Kier molecular flexibility index (Phi) is 6.67. The Balaban J connectivity index is 1.53. The molecule has 2 aromatic carbocycles. The minimum atomic E-state index is -0.561. The molecule has 1 N–H and O–H groups in total. The zero-order chi connectivity index (χ0) is 22.0. The summed E-state index contributed by atoms with van der Waals surface area (Å²) < 4.78 is 11.2. The summed E-state index contributed by atoms with van der Waals surface area (Å²) in [5.41, 5.74) is 1.58. The topological polar surface area (TPSA) is 71.1 Å². The van der Waals surface area contributed by atoms with E-state index < -0.39 is 6.10 Å². The summed E-state index contributed by atoms with van der Waals surface area (Å²) in [4.78, 5) is 29.5. The van der Waals surface area contributed by atoms with Crippen molar-refractivity contribution in [2.75, 3.05) is 49.6 Å². The van der Waals surface area contributed by atoms with E-state index in [1.807, 2.05) is 0 Å². The molecule has 0 spiro atoms. The Morgan fingerprint density at radius 2 is 1.87 bits per heavy atom. The summed E-state index contributed by atoms with van der Waals surface area (Å²) in [7, 11) is 0. The number of nitrogens with one attached hydrogen (secondary N) is 1. The molecule has 164 valence electrons. The number of carbonyl (C=O) groups excluding carboxylic acids is 2. The number of hydrogen-bond donors (Lipinski definition) is 1. The summed E-state index contributed by atoms with van der Waals surface area (Å²) in [6.45, 7) is 6.11. The number of amides is 2. The quantitative estimate of drug-likeness (QED) is 0.731. The molecule has 2 heterocycles. The molecular formula is C22H23Cl2N3O4. The van der Waals surface area contributed by atoms with Gasteiger partial charge in [0, 0.05) is 37.4 Å². The number of anilines is 2. The van der Waals surface area contributed by atoms with E-state index in [1.165, 1.54) is 6.07 Å². The van der Waals surface area contributed by atoms with Crippen LogP contribution < -0.4 is 15.0 Å². The van der Waals surface area contributed by atoms with Gasteiger partial charge < -0.3 is 19.7 Å². The largest absolute Gasteiger partial charge is 0.479 e. The highest BCUT2D eigenvalue weighted by Gasteiger charge is 2.32. The van der Waals surface area contributed by atoms with Gasteiger partial charge in [-0.2, -0.15) is 0 Å². The standard InChI is InChI=1S/C22H23Cl2N3O4/c1-14-22(29)27(7-6-26-8-10-30-11-9-26)19-13-16(3-5-20(19)31-14)25-21(28)15-2-4-17(23)18(24)12-15/h2-5,12-14H,6-11H2,1H3,(H,25,28). The summed E-state index contributed by atoms with van der Waals surface area (Å²) in [6, 6.07) is 9.97. The molecule has 7 nitrogen and oxygen atoms in total. The van der Waals surface area contributed by atoms with Gasteiger partial charge in [-0.25, -0.2) is 0 Å². The van der Waals surface area contributed by atoms with Crippen LogP contribution in [-0.4, -0.2) is 62.2 Å². The zero-order valence-corrected chi connectivity index (χ0v) is 18.6. The third kappa shape index (κ3) is 4.96. The Morgan fingerprint density at radius 3 is 2.61 bits per heavy atom. The monoisotopic (exact) mass is 463 g/mol. The van der Waals surface area contributed by atoms with Gasteiger partial charge in [-0.1, -0.05) is 23.2 Å². The van der Waals surface area contributed by atoms with E-state index >= 15 is 0 Å². The van der Waals surface area contributed by atoms with Gasteiger partial charge in [0.2, 0.25) is 0 Å². The molecule has 1 fully saturated rings. The maximum atomic E-state index is 12.8. The maximum Gasteiger partial charge on any atom is 0.267 e. The lowest BCUT2D eigenvalue weighted by Crippen LogP contribution is -2.48. The van der Waals surface area contributed by atoms with Crippen molar-refractivity contribution < 1.29 is 19.1 Å². The van der Waals surface area contributed by atoms with Crippen molar-refractivity contribution in [1.29, 1.82) is 0 Å². The van der Waals surface area contributed by atoms with E-state index in [0.29, 0.717) is 52.5 Å². The fourth-order valence-corrected chi connectivity index (χ4v) is 3.92. The summed E-state index contributed by atoms with van der Waals surface area (Å²) >= 11 is 11.9. The Bertz CT molecular complexity index is 995. The fraction of sp³-hybridized carbons (Fsp3) is 0.364. The molecule has 2 amide bonds. The van der Waals surface area contributed by atoms with Crippen LogP contribution in [0.3, 0.4) is 0 Å². The highest BCUT2D eigenvalue weighted by molar-refractivity contribution is 6.42. The van der Waals surface area contributed by atoms with Gasteiger partial charge >= 0.3 is 0 Å². The van der Waals surface area contributed by atoms with Crippen molar-refractivity contribution in [2.24, 2.45) is 0 Å². The van der Waals surface area contributed by atoms with Crippen molar-refractivity contribution in [3.8, 4) is 5.75 Å². The molecule has 2 aliphatic rings. The van der Waals surface area contributed by atoms with Gasteiger partial charge in [-0.3, -0.25) is 14.5 Å². The predicted octanol–water partition coefficient (Wildman–Crippen LogP) is 3.69. The van der Waals surface area contributed by atoms with Crippen molar-refractivity contribution >= 4 is 46.4 Å². The summed E-state index contributed by atoms with van der Waals surface area (Å²) in [5, 5.41) is 3.54. The second kappa shape index (κ2) is 9.44. The molecule has 0 aromatic heterocycles. The van der Waals surface area contributed by atoms with Gasteiger partial charge in [-0.05, 0) is 43.3 Å². The first-order chi connectivity index (χ1) is 14.9. The van der Waals surface area contributed by atoms with Crippen LogP contribution >= 0.6 is 23.2 Å². The van der Waals surface area contributed by atoms with E-state index in [0.717, 1.165) is 19.6 Å². The number of ether oxygens (including phenoxy) is 2. The number of fused-ring (bicyclic) bond motifs is 1. The van der Waals surface area contributed by atoms with Crippen LogP contribution in [0.1, 0.15) is 17.3 Å². The van der Waals surface area contributed by atoms with E-state index in [-0.39, 0.29) is 11.8 Å². The van der Waals surface area contributed by atoms with Gasteiger partial charge in [0.05, 0.1) is 28.9 Å². The molecule has 0 saturated carbocycles. The number of carbonyl (C=O) groups is 2. The zero-order valence-electron chi connectivity index (χ0n) is 17.1. The highest BCUT2D eigenvalue weighted by Crippen LogP contribution is 2.36. The van der Waals surface area contributed by atoms with Crippen LogP contribution in [0.25, 0.3) is 0 Å². The van der Waals surface area contributed by atoms with Crippen LogP contribution in [0.4, 0.5) is 11.4 Å². The minimum Gasteiger partial charge on any atom is -0.479 e. The molecule has 9 heteroatoms. The van der Waals surface area contributed by atoms with Crippen molar-refractivity contribution in [3.05, 3.63) is 52.0 Å². The number of rotatable bonds is 5. The molecule has 0 aliphatic carbocycles. The number of halogens is 2. The van der Waals surface area contributed by atoms with Crippen LogP contribution in [0.2, 0.25) is 10.0 Å². The van der Waals surface area contributed by atoms with Crippen molar-refractivity contribution in [1.82, 2.24) is 4.90 Å². The normalized spacial score (nSPS) is 19.0. The lowest BCUT2D eigenvalue weighted by Gasteiger charge is -2.35. The Hall–Kier alpha value is -2.32. The first-order valence-electron chi connectivity index (χ1n) is 10.1. The molecule has 2 aromatic rings. The average Bonchev–Trinajstić information content (AvgIpc) is 2.77. The van der Waals surface area contributed by atoms with E-state index in [1.54, 1.807) is 42.2 Å². The molecule has 2 aliphatic heterocycles. The number of nitrogens with zero attached hydrogens (tertiary/aromatic N) is 2. The molecule has 1 unspecified atom stereocenters. The van der Waals surface area contributed by atoms with Gasteiger partial charge in [0.1, 0.15) is 5.75 Å². The highest BCUT2D eigenvalue weighted by atomic mass is 35.5. The predicted molar refractivity (Wildman–Crippen MR) is 121 cm³/mol. The van der Waals surface area contributed by atoms with Gasteiger partial charge in [0.25, 0.3) is 11.8 Å². The molecule has 31 heavy (non-hydrogen) atoms. The molecular weight excluding hydrogens is 441 g/mol. The second-order valence-electron chi connectivity index (χ2n) is 7.47. The van der Waals surface area contributed by atoms with Crippen LogP contribution in [-0.2, 0) is 9.53 Å². The van der Waals surface area contributed by atoms with E-state index in [9.17, 15) is 9.59 Å². The Morgan fingerprint density at radius 1 is 1.10 bits per heavy atom. The third-order valence-electron chi connectivity index (χ3n) is 5.35.